The lowest BCUT2D eigenvalue weighted by molar-refractivity contribution is 0.282. The topological polar surface area (TPSA) is 38.0 Å². The molecule has 0 aliphatic heterocycles. The molecule has 0 aromatic heterocycles. The van der Waals surface area contributed by atoms with E-state index in [2.05, 4.69) is 5.43 Å². The monoisotopic (exact) mass is 286 g/mol. The number of halogens is 3. The third-order valence-corrected chi connectivity index (χ3v) is 4.20. The van der Waals surface area contributed by atoms with Crippen LogP contribution < -0.4 is 11.3 Å². The Hall–Kier alpha value is -1.07. The summed E-state index contributed by atoms with van der Waals surface area (Å²) in [4.78, 5) is 0. The van der Waals surface area contributed by atoms with Gasteiger partial charge in [-0.2, -0.15) is 0 Å². The predicted molar refractivity (Wildman–Crippen MR) is 72.2 cm³/mol. The van der Waals surface area contributed by atoms with E-state index < -0.39 is 23.5 Å². The zero-order chi connectivity index (χ0) is 14.5. The van der Waals surface area contributed by atoms with Crippen LogP contribution in [-0.4, -0.2) is 0 Å². The summed E-state index contributed by atoms with van der Waals surface area (Å²) in [7, 11) is 0. The first-order valence-corrected chi connectivity index (χ1v) is 7.24. The number of nitrogens with one attached hydrogen (secondary N) is 1. The highest BCUT2D eigenvalue weighted by Gasteiger charge is 2.27. The molecule has 1 saturated carbocycles. The van der Waals surface area contributed by atoms with Gasteiger partial charge in [-0.15, -0.1) is 0 Å². The Morgan fingerprint density at radius 2 is 1.55 bits per heavy atom. The van der Waals surface area contributed by atoms with Crippen molar-refractivity contribution in [3.05, 3.63) is 35.1 Å². The van der Waals surface area contributed by atoms with Gasteiger partial charge in [0.2, 0.25) is 0 Å². The molecule has 1 atom stereocenters. The molecule has 112 valence electrons. The molecule has 0 spiro atoms. The summed E-state index contributed by atoms with van der Waals surface area (Å²) in [6, 6.07) is 1.78. The van der Waals surface area contributed by atoms with E-state index in [0.29, 0.717) is 0 Å². The molecular formula is C15H21F3N2. The van der Waals surface area contributed by atoms with Crippen LogP contribution in [0.2, 0.25) is 0 Å². The Labute approximate surface area is 117 Å². The average Bonchev–Trinajstić information content (AvgIpc) is 2.41. The van der Waals surface area contributed by atoms with E-state index >= 15 is 0 Å². The smallest absolute Gasteiger partial charge is 0.194 e. The second-order valence-electron chi connectivity index (χ2n) is 5.51. The molecule has 1 aliphatic rings. The van der Waals surface area contributed by atoms with Gasteiger partial charge in [0.1, 0.15) is 0 Å². The molecule has 0 radical (unpaired) electrons. The molecule has 5 heteroatoms. The van der Waals surface area contributed by atoms with Crippen LogP contribution in [0.4, 0.5) is 13.2 Å². The lowest BCUT2D eigenvalue weighted by atomic mass is 9.83. The maximum atomic E-state index is 13.9. The molecule has 0 heterocycles. The Balaban J connectivity index is 2.24. The van der Waals surface area contributed by atoms with Gasteiger partial charge in [0.15, 0.2) is 17.5 Å². The highest BCUT2D eigenvalue weighted by atomic mass is 19.2. The largest absolute Gasteiger partial charge is 0.271 e. The fourth-order valence-electron chi connectivity index (χ4n) is 3.08. The number of benzene rings is 1. The summed E-state index contributed by atoms with van der Waals surface area (Å²) in [5.41, 5.74) is 2.72. The van der Waals surface area contributed by atoms with E-state index in [1.807, 2.05) is 0 Å². The maximum Gasteiger partial charge on any atom is 0.194 e. The third-order valence-electron chi connectivity index (χ3n) is 4.20. The average molecular weight is 286 g/mol. The fraction of sp³-hybridized carbons (Fsp3) is 0.600. The molecule has 1 fully saturated rings. The van der Waals surface area contributed by atoms with Gasteiger partial charge in [0.25, 0.3) is 0 Å². The van der Waals surface area contributed by atoms with Gasteiger partial charge in [-0.3, -0.25) is 11.3 Å². The SMILES string of the molecule is NNC(c1ccc(F)c(F)c1F)C1CCCCCCC1. The van der Waals surface area contributed by atoms with E-state index in [1.165, 1.54) is 12.5 Å². The highest BCUT2D eigenvalue weighted by molar-refractivity contribution is 5.24. The van der Waals surface area contributed by atoms with Crippen molar-refractivity contribution in [3.8, 4) is 0 Å². The normalized spacial score (nSPS) is 19.4. The summed E-state index contributed by atoms with van der Waals surface area (Å²) >= 11 is 0. The number of hydrazine groups is 1. The van der Waals surface area contributed by atoms with Crippen LogP contribution in [0.1, 0.15) is 56.6 Å². The zero-order valence-corrected chi connectivity index (χ0v) is 11.5. The summed E-state index contributed by atoms with van der Waals surface area (Å²) < 4.78 is 40.3. The number of hydrogen-bond donors (Lipinski definition) is 2. The summed E-state index contributed by atoms with van der Waals surface area (Å²) in [5.74, 6) is 1.98. The zero-order valence-electron chi connectivity index (χ0n) is 11.5. The predicted octanol–water partition coefficient (Wildman–Crippen LogP) is 3.97. The van der Waals surface area contributed by atoms with Crippen molar-refractivity contribution in [2.45, 2.75) is 51.0 Å². The van der Waals surface area contributed by atoms with Crippen LogP contribution in [0.15, 0.2) is 12.1 Å². The van der Waals surface area contributed by atoms with Gasteiger partial charge in [0.05, 0.1) is 6.04 Å². The van der Waals surface area contributed by atoms with Crippen LogP contribution in [0.25, 0.3) is 0 Å². The first kappa shape index (κ1) is 15.3. The van der Waals surface area contributed by atoms with Gasteiger partial charge < -0.3 is 0 Å². The third kappa shape index (κ3) is 3.33. The van der Waals surface area contributed by atoms with E-state index in [4.69, 9.17) is 5.84 Å². The molecule has 1 unspecified atom stereocenters. The molecule has 1 aromatic carbocycles. The second kappa shape index (κ2) is 7.09. The Bertz CT molecular complexity index is 443. The van der Waals surface area contributed by atoms with Crippen molar-refractivity contribution >= 4 is 0 Å². The molecule has 2 rings (SSSR count). The molecule has 3 N–H and O–H groups in total. The van der Waals surface area contributed by atoms with E-state index in [-0.39, 0.29) is 11.5 Å². The Kier molecular flexibility index (Phi) is 5.43. The minimum atomic E-state index is -1.42. The highest BCUT2D eigenvalue weighted by Crippen LogP contribution is 2.34. The molecule has 0 bridgehead atoms. The van der Waals surface area contributed by atoms with Crippen molar-refractivity contribution in [1.29, 1.82) is 0 Å². The molecular weight excluding hydrogens is 265 g/mol. The lowest BCUT2D eigenvalue weighted by Crippen LogP contribution is -2.35. The van der Waals surface area contributed by atoms with Gasteiger partial charge in [-0.05, 0) is 24.8 Å². The van der Waals surface area contributed by atoms with Gasteiger partial charge in [0, 0.05) is 5.56 Å². The number of nitrogens with two attached hydrogens (primary N) is 1. The van der Waals surface area contributed by atoms with Crippen LogP contribution >= 0.6 is 0 Å². The first-order chi connectivity index (χ1) is 9.65. The lowest BCUT2D eigenvalue weighted by Gasteiger charge is -2.29. The van der Waals surface area contributed by atoms with Crippen molar-refractivity contribution in [2.75, 3.05) is 0 Å². The quantitative estimate of drug-likeness (QED) is 0.501. The van der Waals surface area contributed by atoms with Crippen LogP contribution in [0.3, 0.4) is 0 Å². The molecule has 0 amide bonds. The summed E-state index contributed by atoms with van der Waals surface area (Å²) in [6.45, 7) is 0. The number of rotatable bonds is 3. The minimum Gasteiger partial charge on any atom is -0.271 e. The molecule has 1 aliphatic carbocycles. The van der Waals surface area contributed by atoms with Crippen LogP contribution in [0.5, 0.6) is 0 Å². The fourth-order valence-corrected chi connectivity index (χ4v) is 3.08. The standard InChI is InChI=1S/C15H21F3N2/c16-12-9-8-11(13(17)14(12)18)15(20-19)10-6-4-2-1-3-5-7-10/h8-10,15,20H,1-7,19H2. The summed E-state index contributed by atoms with van der Waals surface area (Å²) in [5, 5.41) is 0. The molecule has 0 saturated heterocycles. The van der Waals surface area contributed by atoms with E-state index in [1.54, 1.807) is 0 Å². The molecule has 2 nitrogen and oxygen atoms in total. The Morgan fingerprint density at radius 1 is 0.950 bits per heavy atom. The second-order valence-corrected chi connectivity index (χ2v) is 5.51. The van der Waals surface area contributed by atoms with Gasteiger partial charge in [-0.25, -0.2) is 13.2 Å². The van der Waals surface area contributed by atoms with Crippen molar-refractivity contribution in [1.82, 2.24) is 5.43 Å². The maximum absolute atomic E-state index is 13.9. The minimum absolute atomic E-state index is 0.122. The molecule has 1 aromatic rings. The summed E-state index contributed by atoms with van der Waals surface area (Å²) in [6.07, 6.45) is 7.53. The van der Waals surface area contributed by atoms with E-state index in [0.717, 1.165) is 44.6 Å². The van der Waals surface area contributed by atoms with Crippen molar-refractivity contribution in [3.63, 3.8) is 0 Å². The van der Waals surface area contributed by atoms with Crippen LogP contribution in [-0.2, 0) is 0 Å². The number of hydrogen-bond acceptors (Lipinski definition) is 2. The van der Waals surface area contributed by atoms with E-state index in [9.17, 15) is 13.2 Å². The first-order valence-electron chi connectivity index (χ1n) is 7.24. The molecule has 20 heavy (non-hydrogen) atoms. The van der Waals surface area contributed by atoms with Crippen LogP contribution in [0, 0.1) is 23.4 Å². The Morgan fingerprint density at radius 3 is 2.15 bits per heavy atom. The van der Waals surface area contributed by atoms with Gasteiger partial charge >= 0.3 is 0 Å². The van der Waals surface area contributed by atoms with Crippen molar-refractivity contribution in [2.24, 2.45) is 11.8 Å². The van der Waals surface area contributed by atoms with Gasteiger partial charge in [-0.1, -0.05) is 38.2 Å². The van der Waals surface area contributed by atoms with Crippen molar-refractivity contribution < 1.29 is 13.2 Å².